The van der Waals surface area contributed by atoms with Gasteiger partial charge in [-0.3, -0.25) is 4.79 Å². The van der Waals surface area contributed by atoms with Crippen molar-refractivity contribution >= 4 is 11.9 Å². The van der Waals surface area contributed by atoms with Crippen LogP contribution < -0.4 is 0 Å². The molecule has 0 aromatic carbocycles. The molecule has 0 fully saturated rings. The van der Waals surface area contributed by atoms with Gasteiger partial charge in [0.2, 0.25) is 0 Å². The molecule has 1 amide bonds. The van der Waals surface area contributed by atoms with E-state index in [0.29, 0.717) is 4.90 Å². The summed E-state index contributed by atoms with van der Waals surface area (Å²) in [5.74, 6) is -3.06. The zero-order chi connectivity index (χ0) is 12.3. The zero-order valence-electron chi connectivity index (χ0n) is 8.25. The van der Waals surface area contributed by atoms with E-state index < -0.39 is 18.1 Å². The second-order valence-corrected chi connectivity index (χ2v) is 3.36. The van der Waals surface area contributed by atoms with Crippen molar-refractivity contribution < 1.29 is 27.9 Å². The molecule has 0 saturated heterocycles. The van der Waals surface area contributed by atoms with Crippen molar-refractivity contribution in [3.63, 3.8) is 0 Å². The number of nitrogens with zero attached hydrogens (tertiary/aromatic N) is 1. The summed E-state index contributed by atoms with van der Waals surface area (Å²) in [6.07, 6.45) is -3.47. The van der Waals surface area contributed by atoms with E-state index >= 15 is 0 Å². The van der Waals surface area contributed by atoms with Gasteiger partial charge in [-0.25, -0.2) is 4.79 Å². The van der Waals surface area contributed by atoms with Crippen LogP contribution in [-0.4, -0.2) is 41.1 Å². The van der Waals surface area contributed by atoms with Crippen molar-refractivity contribution in [3.05, 3.63) is 11.6 Å². The molecule has 0 bridgehead atoms. The molecular weight excluding hydrogens is 227 g/mol. The Bertz CT molecular complexity index is 335. The number of carbonyl (C=O) groups excluding carboxylic acids is 1. The predicted octanol–water partition coefficient (Wildman–Crippen LogP) is 1.18. The third-order valence-corrected chi connectivity index (χ3v) is 2.25. The fourth-order valence-electron chi connectivity index (χ4n) is 1.44. The molecule has 1 aliphatic heterocycles. The Balaban J connectivity index is 2.65. The number of halogens is 3. The standard InChI is InChI=1S/C9H10F3NO3/c10-9(11,12)8(16)13-4-1-2-6(3-5-13)7(14)15/h2H,1,3-5H2,(H,14,15). The highest BCUT2D eigenvalue weighted by molar-refractivity contribution is 5.87. The molecule has 90 valence electrons. The fraction of sp³-hybridized carbons (Fsp3) is 0.556. The van der Waals surface area contributed by atoms with Crippen LogP contribution in [0.3, 0.4) is 0 Å². The van der Waals surface area contributed by atoms with Gasteiger partial charge in [0.15, 0.2) is 0 Å². The van der Waals surface area contributed by atoms with Gasteiger partial charge in [0.05, 0.1) is 0 Å². The summed E-state index contributed by atoms with van der Waals surface area (Å²) in [4.78, 5) is 22.1. The van der Waals surface area contributed by atoms with Crippen LogP contribution in [0.25, 0.3) is 0 Å². The van der Waals surface area contributed by atoms with Gasteiger partial charge in [-0.2, -0.15) is 13.2 Å². The van der Waals surface area contributed by atoms with Crippen molar-refractivity contribution in [2.45, 2.75) is 19.0 Å². The van der Waals surface area contributed by atoms with E-state index in [0.717, 1.165) is 0 Å². The van der Waals surface area contributed by atoms with Crippen LogP contribution in [0.15, 0.2) is 11.6 Å². The van der Waals surface area contributed by atoms with Gasteiger partial charge in [-0.15, -0.1) is 0 Å². The minimum atomic E-state index is -4.90. The van der Waals surface area contributed by atoms with E-state index in [1.54, 1.807) is 0 Å². The molecule has 0 spiro atoms. The number of hydrogen-bond acceptors (Lipinski definition) is 2. The van der Waals surface area contributed by atoms with E-state index in [4.69, 9.17) is 5.11 Å². The topological polar surface area (TPSA) is 57.6 Å². The first-order chi connectivity index (χ1) is 7.32. The second kappa shape index (κ2) is 4.54. The molecule has 1 N–H and O–H groups in total. The van der Waals surface area contributed by atoms with Crippen molar-refractivity contribution in [1.29, 1.82) is 0 Å². The monoisotopic (exact) mass is 237 g/mol. The summed E-state index contributed by atoms with van der Waals surface area (Å²) in [7, 11) is 0. The molecule has 1 rings (SSSR count). The van der Waals surface area contributed by atoms with Crippen LogP contribution in [0.4, 0.5) is 13.2 Å². The smallest absolute Gasteiger partial charge is 0.471 e. The van der Waals surface area contributed by atoms with Crippen molar-refractivity contribution in [1.82, 2.24) is 4.90 Å². The molecule has 16 heavy (non-hydrogen) atoms. The minimum absolute atomic E-state index is 0.0532. The molecule has 4 nitrogen and oxygen atoms in total. The SMILES string of the molecule is O=C(O)C1=CCCN(C(=O)C(F)(F)F)CC1. The number of rotatable bonds is 1. The summed E-state index contributed by atoms with van der Waals surface area (Å²) in [5.41, 5.74) is 0.0532. The van der Waals surface area contributed by atoms with Crippen molar-refractivity contribution in [3.8, 4) is 0 Å². The Morgan fingerprint density at radius 3 is 2.44 bits per heavy atom. The Labute approximate surface area is 89.3 Å². The van der Waals surface area contributed by atoms with Crippen LogP contribution in [0, 0.1) is 0 Å². The highest BCUT2D eigenvalue weighted by Gasteiger charge is 2.42. The van der Waals surface area contributed by atoms with E-state index in [1.807, 2.05) is 0 Å². The molecule has 0 saturated carbocycles. The molecule has 1 heterocycles. The lowest BCUT2D eigenvalue weighted by Gasteiger charge is -2.21. The number of alkyl halides is 3. The summed E-state index contributed by atoms with van der Waals surface area (Å²) >= 11 is 0. The highest BCUT2D eigenvalue weighted by atomic mass is 19.4. The van der Waals surface area contributed by atoms with Crippen molar-refractivity contribution in [2.75, 3.05) is 13.1 Å². The number of carboxylic acids is 1. The summed E-state index contributed by atoms with van der Waals surface area (Å²) < 4.78 is 36.3. The summed E-state index contributed by atoms with van der Waals surface area (Å²) in [5, 5.41) is 8.65. The van der Waals surface area contributed by atoms with Gasteiger partial charge in [0.1, 0.15) is 0 Å². The average molecular weight is 237 g/mol. The third kappa shape index (κ3) is 2.98. The van der Waals surface area contributed by atoms with Crippen molar-refractivity contribution in [2.24, 2.45) is 0 Å². The lowest BCUT2D eigenvalue weighted by atomic mass is 10.2. The molecule has 1 aliphatic rings. The molecule has 0 aromatic rings. The van der Waals surface area contributed by atoms with E-state index in [-0.39, 0.29) is 31.5 Å². The van der Waals surface area contributed by atoms with Gasteiger partial charge < -0.3 is 10.0 Å². The number of carboxylic acid groups (broad SMARTS) is 1. The fourth-order valence-corrected chi connectivity index (χ4v) is 1.44. The van der Waals surface area contributed by atoms with Crippen LogP contribution >= 0.6 is 0 Å². The van der Waals surface area contributed by atoms with Gasteiger partial charge in [0.25, 0.3) is 0 Å². The summed E-state index contributed by atoms with van der Waals surface area (Å²) in [6.45, 7) is -0.314. The summed E-state index contributed by atoms with van der Waals surface area (Å²) in [6, 6.07) is 0. The largest absolute Gasteiger partial charge is 0.478 e. The first kappa shape index (κ1) is 12.5. The maximum Gasteiger partial charge on any atom is 0.471 e. The Morgan fingerprint density at radius 2 is 1.94 bits per heavy atom. The third-order valence-electron chi connectivity index (χ3n) is 2.25. The number of amides is 1. The van der Waals surface area contributed by atoms with Gasteiger partial charge in [0, 0.05) is 18.7 Å². The van der Waals surface area contributed by atoms with Gasteiger partial charge in [-0.05, 0) is 12.8 Å². The molecule has 0 unspecified atom stereocenters. The number of hydrogen-bond donors (Lipinski definition) is 1. The van der Waals surface area contributed by atoms with E-state index in [1.165, 1.54) is 6.08 Å². The van der Waals surface area contributed by atoms with E-state index in [2.05, 4.69) is 0 Å². The van der Waals surface area contributed by atoms with Gasteiger partial charge in [-0.1, -0.05) is 6.08 Å². The Morgan fingerprint density at radius 1 is 1.31 bits per heavy atom. The number of aliphatic carboxylic acids is 1. The van der Waals surface area contributed by atoms with Crippen LogP contribution in [-0.2, 0) is 9.59 Å². The molecular formula is C9H10F3NO3. The second-order valence-electron chi connectivity index (χ2n) is 3.36. The first-order valence-electron chi connectivity index (χ1n) is 4.61. The highest BCUT2D eigenvalue weighted by Crippen LogP contribution is 2.21. The maximum atomic E-state index is 12.1. The molecule has 0 atom stereocenters. The normalized spacial score (nSPS) is 17.7. The Hall–Kier alpha value is -1.53. The quantitative estimate of drug-likeness (QED) is 0.745. The van der Waals surface area contributed by atoms with Crippen LogP contribution in [0.2, 0.25) is 0 Å². The molecule has 7 heteroatoms. The lowest BCUT2D eigenvalue weighted by molar-refractivity contribution is -0.185. The lowest BCUT2D eigenvalue weighted by Crippen LogP contribution is -2.41. The number of carbonyl (C=O) groups is 2. The van der Waals surface area contributed by atoms with Gasteiger partial charge >= 0.3 is 18.1 Å². The average Bonchev–Trinajstić information content (AvgIpc) is 2.39. The van der Waals surface area contributed by atoms with E-state index in [9.17, 15) is 22.8 Å². The predicted molar refractivity (Wildman–Crippen MR) is 47.6 cm³/mol. The molecule has 0 radical (unpaired) electrons. The van der Waals surface area contributed by atoms with Crippen LogP contribution in [0.1, 0.15) is 12.8 Å². The molecule has 0 aliphatic carbocycles. The minimum Gasteiger partial charge on any atom is -0.478 e. The van der Waals surface area contributed by atoms with Crippen LogP contribution in [0.5, 0.6) is 0 Å². The molecule has 0 aromatic heterocycles. The Kier molecular flexibility index (Phi) is 3.56. The zero-order valence-corrected chi connectivity index (χ0v) is 8.25. The maximum absolute atomic E-state index is 12.1. The first-order valence-corrected chi connectivity index (χ1v) is 4.61.